The van der Waals surface area contributed by atoms with Gasteiger partial charge in [0, 0.05) is 84.8 Å². The Kier molecular flexibility index (Phi) is 21.2. The first-order valence-electron chi connectivity index (χ1n) is 20.9. The van der Waals surface area contributed by atoms with Crippen LogP contribution in [-0.4, -0.2) is 72.8 Å². The van der Waals surface area contributed by atoms with Gasteiger partial charge < -0.3 is 41.5 Å². The van der Waals surface area contributed by atoms with Crippen LogP contribution < -0.4 is 30.3 Å². The summed E-state index contributed by atoms with van der Waals surface area (Å²) in [7, 11) is 0. The number of aromatic nitrogens is 7. The maximum atomic E-state index is 11.5. The fourth-order valence-corrected chi connectivity index (χ4v) is 7.90. The largest absolute Gasteiger partial charge is 0.619 e. The molecule has 2 aliphatic rings. The number of hydrogen-bond donors (Lipinski definition) is 5. The first kappa shape index (κ1) is 51.1. The third-order valence-electron chi connectivity index (χ3n) is 10.9. The quantitative estimate of drug-likeness (QED) is 0.0573. The molecule has 0 bridgehead atoms. The lowest BCUT2D eigenvalue weighted by Crippen LogP contribution is -2.40. The number of aliphatic hydroxyl groups is 2. The van der Waals surface area contributed by atoms with Crippen molar-refractivity contribution in [1.82, 2.24) is 29.5 Å². The predicted octanol–water partition coefficient (Wildman–Crippen LogP) is 7.49. The molecule has 16 heteroatoms. The summed E-state index contributed by atoms with van der Waals surface area (Å²) in [6.07, 6.45) is 20.5. The van der Waals surface area contributed by atoms with Crippen LogP contribution in [0.2, 0.25) is 5.02 Å². The van der Waals surface area contributed by atoms with E-state index in [4.69, 9.17) is 21.7 Å². The number of anilines is 3. The standard InChI is InChI=1S/C21H28N6O2.C15H15ClN4O.C7H15NO.3CH4/c1-2-17-14-23-27-19(22-13-16-6-5-9-25(29)15-16)12-20(24-21(17)27)26-10-4-3-7-18(26)8-11-28;1-2-12-9-18-20-14(12)6-13(16)7-15(20)17-8-11-4-3-5-19(21)10-11;9-6-4-7-3-1-2-5-8-7;;;/h5-6,9,12,14-15,18,22,28H,2-4,7-8,10-11,13H2,1H3;3-7,9-10,17H,2,8H2,1H3;7-9H,1-6H2;3*1H4/t18-;;7-;;;/m0.0.../s1. The van der Waals surface area contributed by atoms with Crippen LogP contribution in [-0.2, 0) is 25.9 Å². The number of rotatable bonds is 13. The predicted molar refractivity (Wildman–Crippen MR) is 252 cm³/mol. The minimum atomic E-state index is 0. The van der Waals surface area contributed by atoms with Crippen molar-refractivity contribution < 1.29 is 19.7 Å². The number of nitrogens with one attached hydrogen (secondary N) is 3. The zero-order chi connectivity index (χ0) is 41.6. The highest BCUT2D eigenvalue weighted by atomic mass is 35.5. The topological polar surface area (TPSA) is 181 Å². The average molecular weight is 877 g/mol. The van der Waals surface area contributed by atoms with E-state index in [9.17, 15) is 15.5 Å². The molecule has 15 nitrogen and oxygen atoms in total. The van der Waals surface area contributed by atoms with E-state index >= 15 is 0 Å². The Morgan fingerprint density at radius 3 is 2.00 bits per heavy atom. The third kappa shape index (κ3) is 13.6. The molecule has 340 valence electrons. The number of nitrogens with zero attached hydrogens (tertiary/aromatic N) is 8. The van der Waals surface area contributed by atoms with E-state index in [0.717, 1.165) is 112 Å². The second kappa shape index (κ2) is 25.7. The molecule has 8 rings (SSSR count). The van der Waals surface area contributed by atoms with E-state index in [2.05, 4.69) is 44.9 Å². The van der Waals surface area contributed by atoms with Crippen LogP contribution in [0.15, 0.2) is 79.6 Å². The number of aryl methyl sites for hydroxylation is 2. The molecule has 6 aromatic rings. The molecule has 2 saturated heterocycles. The number of hydrogen-bond acceptors (Lipinski definition) is 11. The highest BCUT2D eigenvalue weighted by Crippen LogP contribution is 2.29. The van der Waals surface area contributed by atoms with Gasteiger partial charge in [0.1, 0.15) is 17.5 Å². The summed E-state index contributed by atoms with van der Waals surface area (Å²) in [5, 5.41) is 60.5. The van der Waals surface area contributed by atoms with Crippen molar-refractivity contribution in [2.75, 3.05) is 41.8 Å². The average Bonchev–Trinajstić information content (AvgIpc) is 3.87. The molecule has 5 N–H and O–H groups in total. The third-order valence-corrected chi connectivity index (χ3v) is 11.1. The minimum Gasteiger partial charge on any atom is -0.619 e. The summed E-state index contributed by atoms with van der Waals surface area (Å²) >= 11 is 6.18. The number of fused-ring (bicyclic) bond motifs is 2. The van der Waals surface area contributed by atoms with E-state index in [-0.39, 0.29) is 28.9 Å². The number of halogens is 1. The SMILES string of the molecule is C.C.C.CCc1cnn2c(NCc3ccc[n+]([O-])c3)cc(Cl)cc12.CCc1cnn2c(NCc3ccc[n+]([O-])c3)cc(N3CCCC[C@H]3CCO)nc12.OCC[C@@H]1CCCCN1. The van der Waals surface area contributed by atoms with Crippen molar-refractivity contribution in [3.8, 4) is 0 Å². The van der Waals surface area contributed by atoms with E-state index in [1.165, 1.54) is 44.3 Å². The van der Waals surface area contributed by atoms with Crippen molar-refractivity contribution in [2.45, 2.75) is 126 Å². The van der Waals surface area contributed by atoms with Gasteiger partial charge >= 0.3 is 0 Å². The van der Waals surface area contributed by atoms with Crippen LogP contribution in [0.25, 0.3) is 11.2 Å². The van der Waals surface area contributed by atoms with E-state index in [1.54, 1.807) is 18.3 Å². The number of aliphatic hydroxyl groups excluding tert-OH is 2. The van der Waals surface area contributed by atoms with Crippen molar-refractivity contribution >= 4 is 40.2 Å². The maximum Gasteiger partial charge on any atom is 0.185 e. The van der Waals surface area contributed by atoms with Gasteiger partial charge in [-0.1, -0.05) is 54.1 Å². The second-order valence-electron chi connectivity index (χ2n) is 15.0. The Morgan fingerprint density at radius 1 is 0.790 bits per heavy atom. The van der Waals surface area contributed by atoms with Gasteiger partial charge in [-0.05, 0) is 94.2 Å². The lowest BCUT2D eigenvalue weighted by molar-refractivity contribution is -0.606. The van der Waals surface area contributed by atoms with Crippen LogP contribution in [0.1, 0.15) is 110 Å². The molecule has 0 amide bonds. The molecule has 6 aromatic heterocycles. The summed E-state index contributed by atoms with van der Waals surface area (Å²) < 4.78 is 5.26. The lowest BCUT2D eigenvalue weighted by atomic mass is 9.99. The van der Waals surface area contributed by atoms with Crippen molar-refractivity contribution in [2.24, 2.45) is 0 Å². The molecule has 2 fully saturated rings. The Morgan fingerprint density at radius 2 is 1.40 bits per heavy atom. The normalized spacial score (nSPS) is 15.8. The molecule has 62 heavy (non-hydrogen) atoms. The molecule has 0 unspecified atom stereocenters. The summed E-state index contributed by atoms with van der Waals surface area (Å²) in [4.78, 5) is 7.27. The van der Waals surface area contributed by atoms with E-state index in [1.807, 2.05) is 51.8 Å². The van der Waals surface area contributed by atoms with Crippen LogP contribution in [0.5, 0.6) is 0 Å². The first-order valence-corrected chi connectivity index (χ1v) is 21.3. The highest BCUT2D eigenvalue weighted by molar-refractivity contribution is 6.31. The minimum absolute atomic E-state index is 0. The van der Waals surface area contributed by atoms with Gasteiger partial charge in [0.15, 0.2) is 30.4 Å². The van der Waals surface area contributed by atoms with Gasteiger partial charge in [0.2, 0.25) is 0 Å². The monoisotopic (exact) mass is 876 g/mol. The molecule has 0 aromatic carbocycles. The van der Waals surface area contributed by atoms with Gasteiger partial charge in [-0.2, -0.15) is 24.2 Å². The van der Waals surface area contributed by atoms with Crippen molar-refractivity contribution in [3.63, 3.8) is 0 Å². The van der Waals surface area contributed by atoms with Gasteiger partial charge in [0.25, 0.3) is 0 Å². The van der Waals surface area contributed by atoms with Crippen LogP contribution in [0.4, 0.5) is 17.5 Å². The molecule has 0 saturated carbocycles. The Balaban J connectivity index is 0.000000272. The van der Waals surface area contributed by atoms with Crippen LogP contribution >= 0.6 is 11.6 Å². The molecular weight excluding hydrogens is 806 g/mol. The number of pyridine rings is 3. The van der Waals surface area contributed by atoms with Gasteiger partial charge in [-0.3, -0.25) is 0 Å². The summed E-state index contributed by atoms with van der Waals surface area (Å²) in [6, 6.07) is 14.0. The van der Waals surface area contributed by atoms with Crippen molar-refractivity contribution in [3.05, 3.63) is 117 Å². The second-order valence-corrected chi connectivity index (χ2v) is 15.4. The number of piperidine rings is 2. The Bertz CT molecular complexity index is 2220. The Hall–Kier alpha value is -5.22. The maximum absolute atomic E-state index is 11.5. The first-order chi connectivity index (χ1) is 28.8. The van der Waals surface area contributed by atoms with Gasteiger partial charge in [-0.15, -0.1) is 0 Å². The summed E-state index contributed by atoms with van der Waals surface area (Å²) in [6.45, 7) is 7.83. The molecule has 0 aliphatic carbocycles. The highest BCUT2D eigenvalue weighted by Gasteiger charge is 2.25. The lowest BCUT2D eigenvalue weighted by Gasteiger charge is -2.36. The fraction of sp³-hybridized carbons (Fsp3) is 0.500. The van der Waals surface area contributed by atoms with Gasteiger partial charge in [0.05, 0.1) is 17.9 Å². The smallest absolute Gasteiger partial charge is 0.185 e. The summed E-state index contributed by atoms with van der Waals surface area (Å²) in [5.74, 6) is 2.57. The summed E-state index contributed by atoms with van der Waals surface area (Å²) in [5.41, 5.74) is 5.89. The molecule has 0 spiro atoms. The van der Waals surface area contributed by atoms with Crippen LogP contribution in [0.3, 0.4) is 0 Å². The van der Waals surface area contributed by atoms with Gasteiger partial charge in [-0.25, -0.2) is 9.50 Å². The zero-order valence-corrected chi connectivity index (χ0v) is 34.9. The molecule has 0 radical (unpaired) electrons. The van der Waals surface area contributed by atoms with Crippen LogP contribution in [0, 0.1) is 10.4 Å². The molecule has 2 atom stereocenters. The van der Waals surface area contributed by atoms with Crippen molar-refractivity contribution in [1.29, 1.82) is 0 Å². The fourth-order valence-electron chi connectivity index (χ4n) is 7.69. The Labute approximate surface area is 373 Å². The van der Waals surface area contributed by atoms with E-state index in [0.29, 0.717) is 36.8 Å². The zero-order valence-electron chi connectivity index (χ0n) is 34.1. The molecule has 8 heterocycles. The van der Waals surface area contributed by atoms with E-state index < -0.39 is 0 Å². The molecular formula is C46H70ClN11O4. The molecule has 2 aliphatic heterocycles.